The van der Waals surface area contributed by atoms with E-state index < -0.39 is 11.6 Å². The number of anilines is 1. The molecule has 0 bridgehead atoms. The molecule has 1 atom stereocenters. The minimum Gasteiger partial charge on any atom is -0.374 e. The Hall–Kier alpha value is -1.65. The molecule has 1 N–H and O–H groups in total. The van der Waals surface area contributed by atoms with Crippen molar-refractivity contribution < 1.29 is 13.6 Å². The lowest BCUT2D eigenvalue weighted by Crippen LogP contribution is -2.42. The predicted molar refractivity (Wildman–Crippen MR) is 69.8 cm³/mol. The third kappa shape index (κ3) is 3.66. The van der Waals surface area contributed by atoms with Crippen LogP contribution in [-0.2, 0) is 4.79 Å². The van der Waals surface area contributed by atoms with Crippen LogP contribution in [0, 0.1) is 17.6 Å². The molecule has 0 aliphatic carbocycles. The summed E-state index contributed by atoms with van der Waals surface area (Å²) in [4.78, 5) is 13.8. The normalized spacial score (nSPS) is 19.3. The smallest absolute Gasteiger partial charge is 0.241 e. The summed E-state index contributed by atoms with van der Waals surface area (Å²) in [6.45, 7) is 3.67. The van der Waals surface area contributed by atoms with Crippen LogP contribution in [0.1, 0.15) is 19.8 Å². The van der Waals surface area contributed by atoms with E-state index >= 15 is 0 Å². The molecule has 104 valence electrons. The number of nitrogens with zero attached hydrogens (tertiary/aromatic N) is 1. The lowest BCUT2D eigenvalue weighted by Gasteiger charge is -2.31. The van der Waals surface area contributed by atoms with Crippen molar-refractivity contribution >= 4 is 11.6 Å². The lowest BCUT2D eigenvalue weighted by atomic mass is 10.0. The molecule has 0 aromatic heterocycles. The van der Waals surface area contributed by atoms with Gasteiger partial charge in [0.1, 0.15) is 11.6 Å². The number of likely N-dealkylation sites (tertiary alicyclic amines) is 1. The standard InChI is InChI=1S/C14H18F2N2O/c1-10-3-2-6-18(9-10)14(19)8-17-13-5-4-11(15)7-12(13)16/h4-5,7,10,17H,2-3,6,8-9H2,1H3. The van der Waals surface area contributed by atoms with Gasteiger partial charge in [0.25, 0.3) is 0 Å². The zero-order valence-electron chi connectivity index (χ0n) is 11.0. The summed E-state index contributed by atoms with van der Waals surface area (Å²) in [6, 6.07) is 3.27. The Morgan fingerprint density at radius 2 is 2.26 bits per heavy atom. The number of benzene rings is 1. The highest BCUT2D eigenvalue weighted by Crippen LogP contribution is 2.17. The Morgan fingerprint density at radius 3 is 2.95 bits per heavy atom. The number of hydrogen-bond acceptors (Lipinski definition) is 2. The van der Waals surface area contributed by atoms with Crippen molar-refractivity contribution in [3.63, 3.8) is 0 Å². The molecule has 1 fully saturated rings. The number of carbonyl (C=O) groups excluding carboxylic acids is 1. The van der Waals surface area contributed by atoms with Crippen molar-refractivity contribution in [3.05, 3.63) is 29.8 Å². The maximum Gasteiger partial charge on any atom is 0.241 e. The molecule has 3 nitrogen and oxygen atoms in total. The summed E-state index contributed by atoms with van der Waals surface area (Å²) < 4.78 is 26.1. The monoisotopic (exact) mass is 268 g/mol. The van der Waals surface area contributed by atoms with Crippen LogP contribution in [0.4, 0.5) is 14.5 Å². The van der Waals surface area contributed by atoms with Gasteiger partial charge in [0, 0.05) is 19.2 Å². The Balaban J connectivity index is 1.89. The maximum atomic E-state index is 13.4. The molecule has 2 rings (SSSR count). The molecule has 1 amide bonds. The molecule has 5 heteroatoms. The van der Waals surface area contributed by atoms with Gasteiger partial charge in [-0.25, -0.2) is 8.78 Å². The predicted octanol–water partition coefficient (Wildman–Crippen LogP) is 2.64. The number of nitrogens with one attached hydrogen (secondary N) is 1. The lowest BCUT2D eigenvalue weighted by molar-refractivity contribution is -0.130. The van der Waals surface area contributed by atoms with Crippen molar-refractivity contribution in [2.45, 2.75) is 19.8 Å². The molecular weight excluding hydrogens is 250 g/mol. The average molecular weight is 268 g/mol. The number of halogens is 2. The summed E-state index contributed by atoms with van der Waals surface area (Å²) in [5, 5.41) is 2.72. The fraction of sp³-hybridized carbons (Fsp3) is 0.500. The van der Waals surface area contributed by atoms with Crippen molar-refractivity contribution in [2.75, 3.05) is 25.0 Å². The number of carbonyl (C=O) groups is 1. The van der Waals surface area contributed by atoms with Crippen LogP contribution in [0.5, 0.6) is 0 Å². The Morgan fingerprint density at radius 1 is 1.47 bits per heavy atom. The molecule has 19 heavy (non-hydrogen) atoms. The van der Waals surface area contributed by atoms with E-state index in [0.29, 0.717) is 5.92 Å². The van der Waals surface area contributed by atoms with E-state index in [1.54, 1.807) is 4.90 Å². The van der Waals surface area contributed by atoms with Gasteiger partial charge in [0.2, 0.25) is 5.91 Å². The number of piperidine rings is 1. The molecule has 0 spiro atoms. The summed E-state index contributed by atoms with van der Waals surface area (Å²) in [5.41, 5.74) is 0.153. The molecule has 1 heterocycles. The number of hydrogen-bond donors (Lipinski definition) is 1. The van der Waals surface area contributed by atoms with Crippen LogP contribution in [-0.4, -0.2) is 30.4 Å². The third-order valence-corrected chi connectivity index (χ3v) is 3.37. The van der Waals surface area contributed by atoms with E-state index in [1.165, 1.54) is 12.1 Å². The van der Waals surface area contributed by atoms with Crippen LogP contribution in [0.2, 0.25) is 0 Å². The summed E-state index contributed by atoms with van der Waals surface area (Å²) in [6.07, 6.45) is 2.15. The second kappa shape index (κ2) is 5.99. The van der Waals surface area contributed by atoms with Gasteiger partial charge < -0.3 is 10.2 Å². The van der Waals surface area contributed by atoms with Gasteiger partial charge in [-0.2, -0.15) is 0 Å². The highest BCUT2D eigenvalue weighted by Gasteiger charge is 2.20. The average Bonchev–Trinajstić information content (AvgIpc) is 2.37. The number of rotatable bonds is 3. The maximum absolute atomic E-state index is 13.4. The van der Waals surface area contributed by atoms with Gasteiger partial charge >= 0.3 is 0 Å². The van der Waals surface area contributed by atoms with Crippen LogP contribution in [0.25, 0.3) is 0 Å². The minimum atomic E-state index is -0.681. The van der Waals surface area contributed by atoms with Gasteiger partial charge in [0.15, 0.2) is 0 Å². The van der Waals surface area contributed by atoms with E-state index in [4.69, 9.17) is 0 Å². The molecule has 0 radical (unpaired) electrons. The molecule has 1 aromatic rings. The molecule has 1 aromatic carbocycles. The van der Waals surface area contributed by atoms with Crippen LogP contribution >= 0.6 is 0 Å². The topological polar surface area (TPSA) is 32.3 Å². The largest absolute Gasteiger partial charge is 0.374 e. The van der Waals surface area contributed by atoms with E-state index in [2.05, 4.69) is 12.2 Å². The van der Waals surface area contributed by atoms with Crippen molar-refractivity contribution in [3.8, 4) is 0 Å². The fourth-order valence-corrected chi connectivity index (χ4v) is 2.33. The summed E-state index contributed by atoms with van der Waals surface area (Å²) in [5.74, 6) is -0.838. The molecule has 0 saturated carbocycles. The van der Waals surface area contributed by atoms with Gasteiger partial charge in [-0.05, 0) is 30.9 Å². The van der Waals surface area contributed by atoms with Crippen LogP contribution < -0.4 is 5.32 Å². The van der Waals surface area contributed by atoms with Gasteiger partial charge in [-0.15, -0.1) is 0 Å². The zero-order valence-corrected chi connectivity index (χ0v) is 11.0. The Bertz CT molecular complexity index is 465. The Kier molecular flexibility index (Phi) is 4.35. The second-order valence-electron chi connectivity index (χ2n) is 5.06. The highest BCUT2D eigenvalue weighted by molar-refractivity contribution is 5.81. The second-order valence-corrected chi connectivity index (χ2v) is 5.06. The van der Waals surface area contributed by atoms with Crippen molar-refractivity contribution in [1.82, 2.24) is 4.90 Å². The quantitative estimate of drug-likeness (QED) is 0.914. The first-order valence-corrected chi connectivity index (χ1v) is 6.53. The first-order chi connectivity index (χ1) is 9.06. The van der Waals surface area contributed by atoms with Gasteiger partial charge in [-0.3, -0.25) is 4.79 Å². The van der Waals surface area contributed by atoms with E-state index in [0.717, 1.165) is 32.0 Å². The summed E-state index contributed by atoms with van der Waals surface area (Å²) >= 11 is 0. The van der Waals surface area contributed by atoms with Crippen LogP contribution in [0.3, 0.4) is 0 Å². The summed E-state index contributed by atoms with van der Waals surface area (Å²) in [7, 11) is 0. The SMILES string of the molecule is CC1CCCN(C(=O)CNc2ccc(F)cc2F)C1. The van der Waals surface area contributed by atoms with Gasteiger partial charge in [0.05, 0.1) is 12.2 Å². The van der Waals surface area contributed by atoms with Gasteiger partial charge in [-0.1, -0.05) is 6.92 Å². The third-order valence-electron chi connectivity index (χ3n) is 3.37. The molecule has 1 aliphatic heterocycles. The van der Waals surface area contributed by atoms with E-state index in [-0.39, 0.29) is 18.1 Å². The zero-order chi connectivity index (χ0) is 13.8. The highest BCUT2D eigenvalue weighted by atomic mass is 19.1. The molecular formula is C14H18F2N2O. The van der Waals surface area contributed by atoms with Crippen molar-refractivity contribution in [1.29, 1.82) is 0 Å². The fourth-order valence-electron chi connectivity index (χ4n) is 2.33. The van der Waals surface area contributed by atoms with E-state index in [9.17, 15) is 13.6 Å². The Labute approximate surface area is 111 Å². The minimum absolute atomic E-state index is 0.0370. The number of amides is 1. The molecule has 1 aliphatic rings. The molecule has 1 unspecified atom stereocenters. The van der Waals surface area contributed by atoms with Crippen LogP contribution in [0.15, 0.2) is 18.2 Å². The first kappa shape index (κ1) is 13.8. The van der Waals surface area contributed by atoms with E-state index in [1.807, 2.05) is 0 Å². The van der Waals surface area contributed by atoms with Crippen molar-refractivity contribution in [2.24, 2.45) is 5.92 Å². The molecule has 1 saturated heterocycles. The first-order valence-electron chi connectivity index (χ1n) is 6.53.